The van der Waals surface area contributed by atoms with Crippen molar-refractivity contribution in [2.24, 2.45) is 5.92 Å². The number of ether oxygens (including phenoxy) is 2. The van der Waals surface area contributed by atoms with Gasteiger partial charge in [-0.05, 0) is 81.1 Å². The molecule has 222 valence electrons. The Hall–Kier alpha value is -3.04. The van der Waals surface area contributed by atoms with E-state index >= 15 is 0 Å². The van der Waals surface area contributed by atoms with Gasteiger partial charge in [0.1, 0.15) is 17.6 Å². The minimum atomic E-state index is -0.908. The standard InChI is InChI=1S/C32H36Cl2N4O4/c33-25-10-9-24(42-30-5-1-2-13-35-30)18-28(25)38-16-12-22(19-38)32(40)36-27(20-37-14-3-4-15-37)31(39)21-6-11-29(26(34)17-21)41-23-7-8-23/h1-2,5-6,9-11,13,17-18,22-23,27,31,39H,3-4,7-8,12,14-16,19-20H2,(H,36,40)/t22?,27-,31-/m1/s1. The van der Waals surface area contributed by atoms with Crippen molar-refractivity contribution in [1.82, 2.24) is 15.2 Å². The van der Waals surface area contributed by atoms with E-state index in [0.717, 1.165) is 44.5 Å². The molecule has 3 fully saturated rings. The third-order valence-corrected chi connectivity index (χ3v) is 8.77. The van der Waals surface area contributed by atoms with Gasteiger partial charge in [-0.3, -0.25) is 4.79 Å². The Morgan fingerprint density at radius 2 is 1.86 bits per heavy atom. The van der Waals surface area contributed by atoms with Crippen LogP contribution in [0.5, 0.6) is 17.4 Å². The van der Waals surface area contributed by atoms with E-state index in [-0.39, 0.29) is 17.9 Å². The maximum absolute atomic E-state index is 13.6. The number of nitrogens with one attached hydrogen (secondary N) is 1. The van der Waals surface area contributed by atoms with Crippen LogP contribution in [0.2, 0.25) is 10.0 Å². The van der Waals surface area contributed by atoms with Crippen LogP contribution in [0.4, 0.5) is 5.69 Å². The SMILES string of the molecule is O=C(N[C@H](CN1CCCC1)[C@H](O)c1ccc(OC2CC2)c(Cl)c1)C1CCN(c2cc(Oc3ccccn3)ccc2Cl)C1. The van der Waals surface area contributed by atoms with Gasteiger partial charge in [-0.1, -0.05) is 35.3 Å². The molecule has 3 heterocycles. The number of anilines is 1. The van der Waals surface area contributed by atoms with Crippen LogP contribution < -0.4 is 19.7 Å². The van der Waals surface area contributed by atoms with Crippen molar-refractivity contribution in [1.29, 1.82) is 0 Å². The minimum absolute atomic E-state index is 0.0717. The van der Waals surface area contributed by atoms with Crippen molar-refractivity contribution in [2.75, 3.05) is 37.6 Å². The summed E-state index contributed by atoms with van der Waals surface area (Å²) >= 11 is 13.1. The van der Waals surface area contributed by atoms with Crippen molar-refractivity contribution in [2.45, 2.75) is 50.4 Å². The predicted molar refractivity (Wildman–Crippen MR) is 164 cm³/mol. The quantitative estimate of drug-likeness (QED) is 0.281. The first-order valence-electron chi connectivity index (χ1n) is 14.7. The summed E-state index contributed by atoms with van der Waals surface area (Å²) in [5.74, 6) is 1.44. The number of amides is 1. The number of nitrogens with zero attached hydrogens (tertiary/aromatic N) is 3. The molecular formula is C32H36Cl2N4O4. The Bertz CT molecular complexity index is 1380. The molecule has 42 heavy (non-hydrogen) atoms. The number of hydrogen-bond donors (Lipinski definition) is 2. The summed E-state index contributed by atoms with van der Waals surface area (Å²) in [4.78, 5) is 22.2. The molecule has 2 N–H and O–H groups in total. The fourth-order valence-corrected chi connectivity index (χ4v) is 6.15. The molecule has 1 aliphatic carbocycles. The van der Waals surface area contributed by atoms with E-state index in [0.29, 0.717) is 59.0 Å². The largest absolute Gasteiger partial charge is 0.489 e. The lowest BCUT2D eigenvalue weighted by Gasteiger charge is -2.30. The highest BCUT2D eigenvalue weighted by molar-refractivity contribution is 6.33. The fourth-order valence-electron chi connectivity index (χ4n) is 5.68. The summed E-state index contributed by atoms with van der Waals surface area (Å²) in [6, 6.07) is 15.9. The van der Waals surface area contributed by atoms with Gasteiger partial charge >= 0.3 is 0 Å². The van der Waals surface area contributed by atoms with Gasteiger partial charge in [-0.2, -0.15) is 0 Å². The Morgan fingerprint density at radius 1 is 1.02 bits per heavy atom. The van der Waals surface area contributed by atoms with E-state index in [1.54, 1.807) is 24.4 Å². The van der Waals surface area contributed by atoms with E-state index < -0.39 is 12.1 Å². The number of rotatable bonds is 11. The van der Waals surface area contributed by atoms with Crippen LogP contribution in [-0.4, -0.2) is 65.8 Å². The molecule has 1 aromatic heterocycles. The summed E-state index contributed by atoms with van der Waals surface area (Å²) < 4.78 is 11.8. The number of hydrogen-bond acceptors (Lipinski definition) is 7. The lowest BCUT2D eigenvalue weighted by molar-refractivity contribution is -0.126. The third-order valence-electron chi connectivity index (χ3n) is 8.16. The summed E-state index contributed by atoms with van der Waals surface area (Å²) in [6.45, 7) is 3.69. The molecule has 3 aromatic rings. The highest BCUT2D eigenvalue weighted by Gasteiger charge is 2.34. The molecule has 6 rings (SSSR count). The van der Waals surface area contributed by atoms with Gasteiger partial charge in [0.05, 0.1) is 33.8 Å². The van der Waals surface area contributed by atoms with Crippen LogP contribution in [0.3, 0.4) is 0 Å². The van der Waals surface area contributed by atoms with Crippen LogP contribution >= 0.6 is 23.2 Å². The molecule has 0 bridgehead atoms. The number of carbonyl (C=O) groups excluding carboxylic acids is 1. The summed E-state index contributed by atoms with van der Waals surface area (Å²) in [7, 11) is 0. The average molecular weight is 612 g/mol. The molecule has 2 aliphatic heterocycles. The number of benzene rings is 2. The molecule has 1 saturated carbocycles. The lowest BCUT2D eigenvalue weighted by atomic mass is 10.00. The highest BCUT2D eigenvalue weighted by atomic mass is 35.5. The van der Waals surface area contributed by atoms with E-state index in [2.05, 4.69) is 20.1 Å². The van der Waals surface area contributed by atoms with Crippen LogP contribution in [0.15, 0.2) is 60.8 Å². The van der Waals surface area contributed by atoms with Crippen molar-refractivity contribution < 1.29 is 19.4 Å². The molecule has 8 nitrogen and oxygen atoms in total. The van der Waals surface area contributed by atoms with Crippen LogP contribution in [0.1, 0.15) is 43.8 Å². The molecule has 0 spiro atoms. The summed E-state index contributed by atoms with van der Waals surface area (Å²) in [6.07, 6.45) is 6.01. The average Bonchev–Trinajstić information content (AvgIpc) is 3.42. The molecule has 2 saturated heterocycles. The van der Waals surface area contributed by atoms with E-state index in [4.69, 9.17) is 32.7 Å². The number of pyridine rings is 1. The zero-order chi connectivity index (χ0) is 29.1. The maximum Gasteiger partial charge on any atom is 0.225 e. The highest BCUT2D eigenvalue weighted by Crippen LogP contribution is 2.36. The molecular weight excluding hydrogens is 575 g/mol. The van der Waals surface area contributed by atoms with Crippen molar-refractivity contribution >= 4 is 34.8 Å². The normalized spacial score (nSPS) is 20.4. The van der Waals surface area contributed by atoms with Gasteiger partial charge in [0.25, 0.3) is 0 Å². The molecule has 3 aliphatic rings. The van der Waals surface area contributed by atoms with Crippen LogP contribution in [0, 0.1) is 5.92 Å². The Morgan fingerprint density at radius 3 is 2.60 bits per heavy atom. The van der Waals surface area contributed by atoms with Crippen molar-refractivity contribution in [3.8, 4) is 17.4 Å². The first-order chi connectivity index (χ1) is 20.4. The Labute approximate surface area is 256 Å². The lowest BCUT2D eigenvalue weighted by Crippen LogP contribution is -2.48. The third kappa shape index (κ3) is 7.11. The van der Waals surface area contributed by atoms with Crippen LogP contribution in [-0.2, 0) is 4.79 Å². The number of aromatic nitrogens is 1. The molecule has 10 heteroatoms. The van der Waals surface area contributed by atoms with Crippen molar-refractivity contribution in [3.05, 3.63) is 76.4 Å². The van der Waals surface area contributed by atoms with Crippen LogP contribution in [0.25, 0.3) is 0 Å². The zero-order valence-electron chi connectivity index (χ0n) is 23.4. The first kappa shape index (κ1) is 29.1. The predicted octanol–water partition coefficient (Wildman–Crippen LogP) is 5.86. The van der Waals surface area contributed by atoms with E-state index in [9.17, 15) is 9.90 Å². The second-order valence-corrected chi connectivity index (χ2v) is 12.2. The zero-order valence-corrected chi connectivity index (χ0v) is 24.9. The molecule has 1 amide bonds. The smallest absolute Gasteiger partial charge is 0.225 e. The summed E-state index contributed by atoms with van der Waals surface area (Å²) in [5, 5.41) is 15.7. The molecule has 2 aromatic carbocycles. The van der Waals surface area contributed by atoms with Gasteiger partial charge in [-0.15, -0.1) is 0 Å². The minimum Gasteiger partial charge on any atom is -0.489 e. The number of carbonyl (C=O) groups is 1. The van der Waals surface area contributed by atoms with E-state index in [1.165, 1.54) is 0 Å². The second kappa shape index (κ2) is 13.1. The topological polar surface area (TPSA) is 87.2 Å². The molecule has 1 unspecified atom stereocenters. The maximum atomic E-state index is 13.6. The fraction of sp³-hybridized carbons (Fsp3) is 0.438. The van der Waals surface area contributed by atoms with Gasteiger partial charge < -0.3 is 29.7 Å². The summed E-state index contributed by atoms with van der Waals surface area (Å²) in [5.41, 5.74) is 1.48. The van der Waals surface area contributed by atoms with Gasteiger partial charge in [0.2, 0.25) is 11.8 Å². The Kier molecular flexibility index (Phi) is 9.05. The molecule has 0 radical (unpaired) electrons. The number of halogens is 2. The monoisotopic (exact) mass is 610 g/mol. The van der Waals surface area contributed by atoms with E-state index in [1.807, 2.05) is 36.4 Å². The van der Waals surface area contributed by atoms with Gasteiger partial charge in [0.15, 0.2) is 0 Å². The second-order valence-electron chi connectivity index (χ2n) is 11.4. The van der Waals surface area contributed by atoms with Crippen molar-refractivity contribution in [3.63, 3.8) is 0 Å². The first-order valence-corrected chi connectivity index (χ1v) is 15.5. The van der Waals surface area contributed by atoms with Gasteiger partial charge in [0, 0.05) is 38.0 Å². The number of likely N-dealkylation sites (tertiary alicyclic amines) is 1. The van der Waals surface area contributed by atoms with Gasteiger partial charge in [-0.25, -0.2) is 4.98 Å². The number of aliphatic hydroxyl groups is 1. The Balaban J connectivity index is 1.13. The molecule has 3 atom stereocenters. The number of aliphatic hydroxyl groups excluding tert-OH is 1.